The van der Waals surface area contributed by atoms with E-state index in [-0.39, 0.29) is 29.7 Å². The van der Waals surface area contributed by atoms with Gasteiger partial charge in [-0.3, -0.25) is 4.79 Å². The Labute approximate surface area is 114 Å². The molecule has 18 heavy (non-hydrogen) atoms. The molecule has 0 bridgehead atoms. The van der Waals surface area contributed by atoms with Crippen LogP contribution >= 0.6 is 15.9 Å². The first kappa shape index (κ1) is 13.2. The Morgan fingerprint density at radius 1 is 1.39 bits per heavy atom. The number of carbonyl (C=O) groups is 1. The average Bonchev–Trinajstić information content (AvgIpc) is 2.59. The third kappa shape index (κ3) is 2.07. The lowest BCUT2D eigenvalue weighted by Gasteiger charge is -2.18. The molecule has 5 heteroatoms. The molecule has 0 aliphatic carbocycles. The first-order valence-corrected chi connectivity index (χ1v) is 6.52. The molecule has 0 aromatic heterocycles. The molecular weight excluding hydrogens is 300 g/mol. The van der Waals surface area contributed by atoms with Crippen molar-refractivity contribution in [3.05, 3.63) is 22.2 Å². The number of phenolic OH excluding ortho intramolecular Hbond substituents is 1. The normalized spacial score (nSPS) is 27.1. The standard InChI is InChI=1S/C13H15BrO4/c1-6-7(2)13(16)18-12(6)8-4-10(15)11(17-3)5-9(8)14/h4-7,12,15H,1-3H3/t6-,7+,12+/m1/s1. The summed E-state index contributed by atoms with van der Waals surface area (Å²) in [6, 6.07) is 3.25. The van der Waals surface area contributed by atoms with Crippen LogP contribution in [0.3, 0.4) is 0 Å². The summed E-state index contributed by atoms with van der Waals surface area (Å²) in [4.78, 5) is 11.6. The lowest BCUT2D eigenvalue weighted by atomic mass is 9.90. The third-order valence-electron chi connectivity index (χ3n) is 3.49. The topological polar surface area (TPSA) is 55.8 Å². The van der Waals surface area contributed by atoms with Gasteiger partial charge in [-0.25, -0.2) is 0 Å². The number of methoxy groups -OCH3 is 1. The summed E-state index contributed by atoms with van der Waals surface area (Å²) >= 11 is 3.42. The van der Waals surface area contributed by atoms with Crippen molar-refractivity contribution in [3.63, 3.8) is 0 Å². The first-order chi connectivity index (χ1) is 8.45. The Morgan fingerprint density at radius 3 is 2.56 bits per heavy atom. The van der Waals surface area contributed by atoms with Crippen molar-refractivity contribution >= 4 is 21.9 Å². The second kappa shape index (κ2) is 4.80. The highest BCUT2D eigenvalue weighted by Crippen LogP contribution is 2.44. The van der Waals surface area contributed by atoms with Crippen LogP contribution in [0.25, 0.3) is 0 Å². The molecule has 0 saturated carbocycles. The van der Waals surface area contributed by atoms with Crippen LogP contribution in [-0.4, -0.2) is 18.2 Å². The summed E-state index contributed by atoms with van der Waals surface area (Å²) < 4.78 is 11.1. The molecule has 2 rings (SSSR count). The summed E-state index contributed by atoms with van der Waals surface area (Å²) in [5, 5.41) is 9.81. The predicted molar refractivity (Wildman–Crippen MR) is 69.5 cm³/mol. The molecule has 1 fully saturated rings. The Kier molecular flexibility index (Phi) is 3.52. The molecule has 1 aromatic carbocycles. The zero-order valence-corrected chi connectivity index (χ0v) is 12.0. The maximum absolute atomic E-state index is 11.6. The van der Waals surface area contributed by atoms with Gasteiger partial charge in [-0.2, -0.15) is 0 Å². The largest absolute Gasteiger partial charge is 0.504 e. The lowest BCUT2D eigenvalue weighted by molar-refractivity contribution is -0.144. The van der Waals surface area contributed by atoms with Crippen LogP contribution in [0.5, 0.6) is 11.5 Å². The number of esters is 1. The van der Waals surface area contributed by atoms with E-state index < -0.39 is 0 Å². The number of cyclic esters (lactones) is 1. The van der Waals surface area contributed by atoms with Crippen molar-refractivity contribution < 1.29 is 19.4 Å². The van der Waals surface area contributed by atoms with Crippen molar-refractivity contribution in [2.45, 2.75) is 20.0 Å². The van der Waals surface area contributed by atoms with E-state index in [1.54, 1.807) is 12.1 Å². The maximum Gasteiger partial charge on any atom is 0.309 e. The lowest BCUT2D eigenvalue weighted by Crippen LogP contribution is -2.10. The van der Waals surface area contributed by atoms with Gasteiger partial charge in [-0.1, -0.05) is 29.8 Å². The quantitative estimate of drug-likeness (QED) is 0.852. The Morgan fingerprint density at radius 2 is 2.06 bits per heavy atom. The average molecular weight is 315 g/mol. The zero-order valence-electron chi connectivity index (χ0n) is 10.4. The molecule has 1 heterocycles. The predicted octanol–water partition coefficient (Wildman–Crippen LogP) is 3.03. The van der Waals surface area contributed by atoms with E-state index in [0.29, 0.717) is 5.75 Å². The van der Waals surface area contributed by atoms with Gasteiger partial charge in [0.05, 0.1) is 13.0 Å². The van der Waals surface area contributed by atoms with Gasteiger partial charge in [0.25, 0.3) is 0 Å². The second-order valence-electron chi connectivity index (χ2n) is 4.55. The molecule has 0 unspecified atom stereocenters. The SMILES string of the molecule is COc1cc(Br)c([C@H]2OC(=O)[C@@H](C)[C@H]2C)cc1O. The molecule has 1 aliphatic heterocycles. The monoisotopic (exact) mass is 314 g/mol. The van der Waals surface area contributed by atoms with Gasteiger partial charge >= 0.3 is 5.97 Å². The highest BCUT2D eigenvalue weighted by atomic mass is 79.9. The minimum absolute atomic E-state index is 0.0403. The van der Waals surface area contributed by atoms with Gasteiger partial charge in [0.15, 0.2) is 11.5 Å². The van der Waals surface area contributed by atoms with E-state index in [9.17, 15) is 9.90 Å². The number of carbonyl (C=O) groups excluding carboxylic acids is 1. The van der Waals surface area contributed by atoms with Crippen LogP contribution in [0, 0.1) is 11.8 Å². The number of phenols is 1. The molecule has 0 amide bonds. The van der Waals surface area contributed by atoms with E-state index >= 15 is 0 Å². The molecule has 3 atom stereocenters. The molecule has 1 N–H and O–H groups in total. The summed E-state index contributed by atoms with van der Waals surface area (Å²) in [7, 11) is 1.49. The van der Waals surface area contributed by atoms with Gasteiger partial charge in [-0.05, 0) is 12.1 Å². The van der Waals surface area contributed by atoms with E-state index in [1.165, 1.54) is 7.11 Å². The number of benzene rings is 1. The van der Waals surface area contributed by atoms with Crippen LogP contribution in [0.15, 0.2) is 16.6 Å². The van der Waals surface area contributed by atoms with E-state index in [2.05, 4.69) is 15.9 Å². The number of ether oxygens (including phenoxy) is 2. The van der Waals surface area contributed by atoms with Crippen LogP contribution in [0.1, 0.15) is 25.5 Å². The number of hydrogen-bond donors (Lipinski definition) is 1. The molecule has 1 aliphatic rings. The van der Waals surface area contributed by atoms with Crippen molar-refractivity contribution in [3.8, 4) is 11.5 Å². The zero-order chi connectivity index (χ0) is 13.4. The molecule has 98 valence electrons. The van der Waals surface area contributed by atoms with Gasteiger partial charge < -0.3 is 14.6 Å². The van der Waals surface area contributed by atoms with Gasteiger partial charge in [0.2, 0.25) is 0 Å². The highest BCUT2D eigenvalue weighted by Gasteiger charge is 2.40. The molecule has 0 spiro atoms. The number of halogens is 1. The second-order valence-corrected chi connectivity index (χ2v) is 5.41. The highest BCUT2D eigenvalue weighted by molar-refractivity contribution is 9.10. The number of aromatic hydroxyl groups is 1. The summed E-state index contributed by atoms with van der Waals surface area (Å²) in [5.41, 5.74) is 0.763. The molecule has 0 radical (unpaired) electrons. The van der Waals surface area contributed by atoms with Crippen molar-refractivity contribution in [2.75, 3.05) is 7.11 Å². The van der Waals surface area contributed by atoms with Crippen LogP contribution in [-0.2, 0) is 9.53 Å². The molecule has 1 aromatic rings. The summed E-state index contributed by atoms with van der Waals surface area (Å²) in [5.74, 6) is 0.164. The Bertz CT molecular complexity index is 486. The van der Waals surface area contributed by atoms with E-state index in [0.717, 1.165) is 10.0 Å². The molecular formula is C13H15BrO4. The van der Waals surface area contributed by atoms with Gasteiger partial charge in [0.1, 0.15) is 6.10 Å². The van der Waals surface area contributed by atoms with Crippen molar-refractivity contribution in [2.24, 2.45) is 11.8 Å². The van der Waals surface area contributed by atoms with E-state index in [1.807, 2.05) is 13.8 Å². The summed E-state index contributed by atoms with van der Waals surface area (Å²) in [6.07, 6.45) is -0.335. The van der Waals surface area contributed by atoms with Crippen molar-refractivity contribution in [1.29, 1.82) is 0 Å². The van der Waals surface area contributed by atoms with Crippen LogP contribution < -0.4 is 4.74 Å². The van der Waals surface area contributed by atoms with Crippen LogP contribution in [0.4, 0.5) is 0 Å². The van der Waals surface area contributed by atoms with Gasteiger partial charge in [-0.15, -0.1) is 0 Å². The first-order valence-electron chi connectivity index (χ1n) is 5.72. The number of hydrogen-bond acceptors (Lipinski definition) is 4. The number of rotatable bonds is 2. The van der Waals surface area contributed by atoms with E-state index in [4.69, 9.17) is 9.47 Å². The van der Waals surface area contributed by atoms with Crippen LogP contribution in [0.2, 0.25) is 0 Å². The van der Waals surface area contributed by atoms with Gasteiger partial charge in [0, 0.05) is 16.0 Å². The fraction of sp³-hybridized carbons (Fsp3) is 0.462. The minimum atomic E-state index is -0.335. The minimum Gasteiger partial charge on any atom is -0.504 e. The third-order valence-corrected chi connectivity index (χ3v) is 4.17. The fourth-order valence-electron chi connectivity index (χ4n) is 2.10. The fourth-order valence-corrected chi connectivity index (χ4v) is 2.65. The molecule has 4 nitrogen and oxygen atoms in total. The van der Waals surface area contributed by atoms with Crippen molar-refractivity contribution in [1.82, 2.24) is 0 Å². The summed E-state index contributed by atoms with van der Waals surface area (Å²) in [6.45, 7) is 3.82. The smallest absolute Gasteiger partial charge is 0.309 e. The maximum atomic E-state index is 11.6. The Hall–Kier alpha value is -1.23. The molecule has 1 saturated heterocycles. The Balaban J connectivity index is 2.40.